The molecule has 0 saturated carbocycles. The first-order valence-electron chi connectivity index (χ1n) is 6.02. The summed E-state index contributed by atoms with van der Waals surface area (Å²) < 4.78 is 5.68. The molecule has 0 atom stereocenters. The fraction of sp³-hybridized carbons (Fsp3) is 0.133. The second-order valence-corrected chi connectivity index (χ2v) is 5.39. The number of thioether (sulfide) groups is 1. The molecule has 2 N–H and O–H groups in total. The molecule has 1 aliphatic heterocycles. The number of hydrogen-bond acceptors (Lipinski definition) is 5. The van der Waals surface area contributed by atoms with Gasteiger partial charge in [0.25, 0.3) is 0 Å². The number of rotatable bonds is 1. The predicted octanol–water partition coefficient (Wildman–Crippen LogP) is 3.35. The third kappa shape index (κ3) is 2.10. The van der Waals surface area contributed by atoms with Crippen molar-refractivity contribution in [3.8, 4) is 23.0 Å². The van der Waals surface area contributed by atoms with Crippen LogP contribution in [0.2, 0.25) is 0 Å². The lowest BCUT2D eigenvalue weighted by molar-refractivity contribution is 0.0991. The Morgan fingerprint density at radius 3 is 2.70 bits per heavy atom. The number of carbonyl (C=O) groups excluding carboxylic acids is 1. The van der Waals surface area contributed by atoms with E-state index in [4.69, 9.17) is 4.74 Å². The molecule has 5 heteroatoms. The van der Waals surface area contributed by atoms with E-state index in [2.05, 4.69) is 0 Å². The number of phenols is 2. The summed E-state index contributed by atoms with van der Waals surface area (Å²) in [5.74, 6) is 0.124. The highest BCUT2D eigenvalue weighted by Gasteiger charge is 2.25. The average molecular weight is 288 g/mol. The molecule has 3 rings (SSSR count). The molecule has 1 heterocycles. The maximum absolute atomic E-state index is 12.3. The number of phenolic OH excluding ortho intramolecular Hbond substituents is 2. The van der Waals surface area contributed by atoms with Crippen molar-refractivity contribution in [2.75, 3.05) is 6.26 Å². The number of Topliss-reactive ketones (excluding diaryl/α,β-unsaturated/α-hetero) is 1. The molecular weight excluding hydrogens is 276 g/mol. The van der Waals surface area contributed by atoms with Crippen molar-refractivity contribution in [2.24, 2.45) is 0 Å². The van der Waals surface area contributed by atoms with Gasteiger partial charge in [-0.05, 0) is 24.5 Å². The average Bonchev–Trinajstić information content (AvgIpc) is 2.52. The van der Waals surface area contributed by atoms with Crippen LogP contribution in [-0.2, 0) is 6.42 Å². The Labute approximate surface area is 120 Å². The summed E-state index contributed by atoms with van der Waals surface area (Å²) >= 11 is 1.58. The summed E-state index contributed by atoms with van der Waals surface area (Å²) in [5.41, 5.74) is 0.890. The van der Waals surface area contributed by atoms with Gasteiger partial charge in [-0.1, -0.05) is 0 Å². The highest BCUT2D eigenvalue weighted by Crippen LogP contribution is 2.40. The fourth-order valence-corrected chi connectivity index (χ4v) is 2.71. The Bertz CT molecular complexity index is 709. The summed E-state index contributed by atoms with van der Waals surface area (Å²) in [6.07, 6.45) is 2.12. The Morgan fingerprint density at radius 1 is 1.15 bits per heavy atom. The SMILES string of the molecule is CSc1ccc2c(c1)CC(=O)c1c(O)cc(O)cc1O2. The van der Waals surface area contributed by atoms with E-state index < -0.39 is 0 Å². The molecule has 2 aromatic carbocycles. The minimum Gasteiger partial charge on any atom is -0.508 e. The standard InChI is InChI=1S/C15H12O4S/c1-20-10-2-3-13-8(4-10)5-11(17)15-12(18)6-9(16)7-14(15)19-13/h2-4,6-7,16,18H,5H2,1H3. The van der Waals surface area contributed by atoms with Gasteiger partial charge in [0.15, 0.2) is 5.78 Å². The maximum Gasteiger partial charge on any atom is 0.174 e. The minimum atomic E-state index is -0.261. The van der Waals surface area contributed by atoms with Gasteiger partial charge in [-0.3, -0.25) is 4.79 Å². The van der Waals surface area contributed by atoms with Crippen molar-refractivity contribution in [3.05, 3.63) is 41.5 Å². The topological polar surface area (TPSA) is 66.8 Å². The third-order valence-electron chi connectivity index (χ3n) is 3.18. The maximum atomic E-state index is 12.3. The van der Waals surface area contributed by atoms with E-state index in [-0.39, 0.29) is 35.0 Å². The lowest BCUT2D eigenvalue weighted by Gasteiger charge is -2.10. The number of carbonyl (C=O) groups is 1. The van der Waals surface area contributed by atoms with E-state index in [0.29, 0.717) is 5.75 Å². The van der Waals surface area contributed by atoms with E-state index in [0.717, 1.165) is 16.5 Å². The monoisotopic (exact) mass is 288 g/mol. The minimum absolute atomic E-state index is 0.115. The molecule has 0 spiro atoms. The normalized spacial score (nSPS) is 13.2. The van der Waals surface area contributed by atoms with E-state index in [1.165, 1.54) is 6.07 Å². The lowest BCUT2D eigenvalue weighted by atomic mass is 10.0. The Kier molecular flexibility index (Phi) is 3.06. The molecule has 0 aromatic heterocycles. The van der Waals surface area contributed by atoms with Crippen LogP contribution in [0, 0.1) is 0 Å². The first-order chi connectivity index (χ1) is 9.58. The number of hydrogen-bond donors (Lipinski definition) is 2. The Morgan fingerprint density at radius 2 is 1.95 bits per heavy atom. The second-order valence-electron chi connectivity index (χ2n) is 4.51. The largest absolute Gasteiger partial charge is 0.508 e. The van der Waals surface area contributed by atoms with Crippen LogP contribution in [0.5, 0.6) is 23.0 Å². The summed E-state index contributed by atoms with van der Waals surface area (Å²) in [6, 6.07) is 8.08. The zero-order valence-electron chi connectivity index (χ0n) is 10.7. The van der Waals surface area contributed by atoms with Crippen LogP contribution in [0.3, 0.4) is 0 Å². The molecule has 0 fully saturated rings. The molecule has 2 aromatic rings. The van der Waals surface area contributed by atoms with Crippen molar-refractivity contribution in [1.29, 1.82) is 0 Å². The summed E-state index contributed by atoms with van der Waals surface area (Å²) in [6.45, 7) is 0. The fourth-order valence-electron chi connectivity index (χ4n) is 2.25. The van der Waals surface area contributed by atoms with Crippen LogP contribution in [0.4, 0.5) is 0 Å². The van der Waals surface area contributed by atoms with Crippen molar-refractivity contribution in [3.63, 3.8) is 0 Å². The molecule has 0 saturated heterocycles. The summed E-state index contributed by atoms with van der Waals surface area (Å²) in [4.78, 5) is 13.3. The molecular formula is C15H12O4S. The van der Waals surface area contributed by atoms with E-state index in [1.807, 2.05) is 18.4 Å². The smallest absolute Gasteiger partial charge is 0.174 e. The first-order valence-corrected chi connectivity index (χ1v) is 7.25. The molecule has 1 aliphatic rings. The van der Waals surface area contributed by atoms with Crippen LogP contribution in [0.25, 0.3) is 0 Å². The highest BCUT2D eigenvalue weighted by atomic mass is 32.2. The molecule has 0 aliphatic carbocycles. The van der Waals surface area contributed by atoms with Crippen molar-refractivity contribution in [2.45, 2.75) is 11.3 Å². The van der Waals surface area contributed by atoms with E-state index in [1.54, 1.807) is 17.8 Å². The zero-order chi connectivity index (χ0) is 14.3. The van der Waals surface area contributed by atoms with Crippen LogP contribution >= 0.6 is 11.8 Å². The van der Waals surface area contributed by atoms with Crippen molar-refractivity contribution >= 4 is 17.5 Å². The molecule has 20 heavy (non-hydrogen) atoms. The van der Waals surface area contributed by atoms with Crippen LogP contribution in [0.15, 0.2) is 35.2 Å². The molecule has 0 unspecified atom stereocenters. The van der Waals surface area contributed by atoms with Crippen LogP contribution in [0.1, 0.15) is 15.9 Å². The lowest BCUT2D eigenvalue weighted by Crippen LogP contribution is -2.02. The predicted molar refractivity (Wildman–Crippen MR) is 76.1 cm³/mol. The number of aromatic hydroxyl groups is 2. The zero-order valence-corrected chi connectivity index (χ0v) is 11.5. The van der Waals surface area contributed by atoms with Gasteiger partial charge in [0.1, 0.15) is 28.6 Å². The molecule has 4 nitrogen and oxygen atoms in total. The number of ether oxygens (including phenoxy) is 1. The van der Waals surface area contributed by atoms with Gasteiger partial charge in [-0.25, -0.2) is 0 Å². The number of fused-ring (bicyclic) bond motifs is 2. The van der Waals surface area contributed by atoms with Crippen LogP contribution in [-0.4, -0.2) is 22.3 Å². The second kappa shape index (κ2) is 4.76. The van der Waals surface area contributed by atoms with Crippen molar-refractivity contribution in [1.82, 2.24) is 0 Å². The molecule has 0 bridgehead atoms. The number of ketones is 1. The quantitative estimate of drug-likeness (QED) is 0.788. The van der Waals surface area contributed by atoms with Gasteiger partial charge in [-0.2, -0.15) is 0 Å². The Balaban J connectivity index is 2.16. The highest BCUT2D eigenvalue weighted by molar-refractivity contribution is 7.98. The van der Waals surface area contributed by atoms with Crippen molar-refractivity contribution < 1.29 is 19.7 Å². The van der Waals surface area contributed by atoms with Gasteiger partial charge in [0.2, 0.25) is 0 Å². The molecule has 0 amide bonds. The summed E-state index contributed by atoms with van der Waals surface area (Å²) in [5, 5.41) is 19.4. The van der Waals surface area contributed by atoms with Gasteiger partial charge >= 0.3 is 0 Å². The van der Waals surface area contributed by atoms with E-state index >= 15 is 0 Å². The van der Waals surface area contributed by atoms with E-state index in [9.17, 15) is 15.0 Å². The van der Waals surface area contributed by atoms with Gasteiger partial charge in [0, 0.05) is 29.0 Å². The molecule has 102 valence electrons. The third-order valence-corrected chi connectivity index (χ3v) is 3.91. The van der Waals surface area contributed by atoms with Gasteiger partial charge in [0.05, 0.1) is 0 Å². The van der Waals surface area contributed by atoms with Gasteiger partial charge in [-0.15, -0.1) is 11.8 Å². The number of benzene rings is 2. The van der Waals surface area contributed by atoms with Gasteiger partial charge < -0.3 is 14.9 Å². The summed E-state index contributed by atoms with van der Waals surface area (Å²) in [7, 11) is 0. The molecule has 0 radical (unpaired) electrons. The first kappa shape index (κ1) is 12.9. The Hall–Kier alpha value is -2.14. The van der Waals surface area contributed by atoms with Crippen LogP contribution < -0.4 is 4.74 Å².